The Kier molecular flexibility index (Phi) is 4.26. The summed E-state index contributed by atoms with van der Waals surface area (Å²) in [6.45, 7) is 0.330. The number of hydrogen-bond acceptors (Lipinski definition) is 4. The number of halogens is 1. The molecule has 0 spiro atoms. The van der Waals surface area contributed by atoms with E-state index in [9.17, 15) is 4.79 Å². The Labute approximate surface area is 118 Å². The van der Waals surface area contributed by atoms with E-state index in [0.717, 1.165) is 11.8 Å². The Morgan fingerprint density at radius 3 is 2.89 bits per heavy atom. The minimum absolute atomic E-state index is 0.330. The number of rotatable bonds is 4. The summed E-state index contributed by atoms with van der Waals surface area (Å²) in [5, 5.41) is 8.76. The average molecular weight is 317 g/mol. The van der Waals surface area contributed by atoms with E-state index < -0.39 is 0 Å². The van der Waals surface area contributed by atoms with Crippen molar-refractivity contribution in [2.75, 3.05) is 0 Å². The fourth-order valence-corrected chi connectivity index (χ4v) is 2.00. The molecule has 2 aromatic rings. The van der Waals surface area contributed by atoms with Gasteiger partial charge < -0.3 is 4.74 Å². The molecular weight excluding hydrogens is 308 g/mol. The number of ether oxygens (including phenoxy) is 1. The fourth-order valence-electron chi connectivity index (χ4n) is 1.49. The van der Waals surface area contributed by atoms with Crippen LogP contribution in [0, 0.1) is 11.3 Å². The van der Waals surface area contributed by atoms with Gasteiger partial charge in [0, 0.05) is 11.8 Å². The summed E-state index contributed by atoms with van der Waals surface area (Å²) in [6.07, 6.45) is 2.35. The number of pyridine rings is 1. The summed E-state index contributed by atoms with van der Waals surface area (Å²) in [5.74, 6) is 0.640. The van der Waals surface area contributed by atoms with Crippen molar-refractivity contribution >= 4 is 22.2 Å². The van der Waals surface area contributed by atoms with E-state index in [4.69, 9.17) is 10.00 Å². The van der Waals surface area contributed by atoms with E-state index in [1.165, 1.54) is 0 Å². The van der Waals surface area contributed by atoms with Gasteiger partial charge in [0.2, 0.25) is 0 Å². The summed E-state index contributed by atoms with van der Waals surface area (Å²) in [7, 11) is 0. The predicted octanol–water partition coefficient (Wildman–Crippen LogP) is 3.11. The topological polar surface area (TPSA) is 63.0 Å². The highest BCUT2D eigenvalue weighted by Crippen LogP contribution is 2.26. The van der Waals surface area contributed by atoms with Crippen LogP contribution in [0.25, 0.3) is 0 Å². The predicted molar refractivity (Wildman–Crippen MR) is 72.8 cm³/mol. The first-order chi connectivity index (χ1) is 9.22. The molecule has 0 radical (unpaired) electrons. The Morgan fingerprint density at radius 2 is 2.21 bits per heavy atom. The molecule has 0 bridgehead atoms. The van der Waals surface area contributed by atoms with Crippen molar-refractivity contribution in [3.8, 4) is 11.8 Å². The first kappa shape index (κ1) is 13.2. The molecule has 4 nitrogen and oxygen atoms in total. The minimum Gasteiger partial charge on any atom is -0.488 e. The molecule has 1 heterocycles. The second kappa shape index (κ2) is 6.12. The molecule has 1 aromatic carbocycles. The van der Waals surface area contributed by atoms with Gasteiger partial charge in [0.05, 0.1) is 4.47 Å². The van der Waals surface area contributed by atoms with Gasteiger partial charge in [-0.3, -0.25) is 4.79 Å². The smallest absolute Gasteiger partial charge is 0.150 e. The number of aromatic nitrogens is 1. The van der Waals surface area contributed by atoms with Crippen LogP contribution in [0.4, 0.5) is 0 Å². The number of nitrogens with zero attached hydrogens (tertiary/aromatic N) is 2. The van der Waals surface area contributed by atoms with Gasteiger partial charge in [-0.15, -0.1) is 0 Å². The normalized spacial score (nSPS) is 9.68. The molecule has 0 N–H and O–H groups in total. The minimum atomic E-state index is 0.330. The van der Waals surface area contributed by atoms with Crippen LogP contribution < -0.4 is 4.74 Å². The molecule has 0 fully saturated rings. The van der Waals surface area contributed by atoms with E-state index in [1.807, 2.05) is 6.07 Å². The zero-order valence-corrected chi connectivity index (χ0v) is 11.4. The lowest BCUT2D eigenvalue weighted by Gasteiger charge is -2.08. The summed E-state index contributed by atoms with van der Waals surface area (Å²) in [6, 6.07) is 10.5. The Morgan fingerprint density at radius 1 is 1.37 bits per heavy atom. The maximum atomic E-state index is 10.6. The standard InChI is InChI=1S/C14H9BrN2O2/c15-13-6-10(8-18)1-2-14(13)19-9-11-3-4-17-12(5-11)7-16/h1-6,8H,9H2. The first-order valence-electron chi connectivity index (χ1n) is 5.45. The number of nitriles is 1. The zero-order valence-electron chi connectivity index (χ0n) is 9.84. The van der Waals surface area contributed by atoms with Crippen LogP contribution in [0.3, 0.4) is 0 Å². The van der Waals surface area contributed by atoms with Gasteiger partial charge in [-0.25, -0.2) is 4.98 Å². The highest BCUT2D eigenvalue weighted by atomic mass is 79.9. The Hall–Kier alpha value is -2.19. The van der Waals surface area contributed by atoms with Gasteiger partial charge >= 0.3 is 0 Å². The van der Waals surface area contributed by atoms with Crippen molar-refractivity contribution in [2.45, 2.75) is 6.61 Å². The second-order valence-corrected chi connectivity index (χ2v) is 4.61. The molecule has 0 saturated carbocycles. The molecule has 0 aliphatic carbocycles. The second-order valence-electron chi connectivity index (χ2n) is 3.76. The molecular formula is C14H9BrN2O2. The van der Waals surface area contributed by atoms with Crippen molar-refractivity contribution in [3.63, 3.8) is 0 Å². The maximum absolute atomic E-state index is 10.6. The van der Waals surface area contributed by atoms with Crippen LogP contribution in [0.1, 0.15) is 21.6 Å². The van der Waals surface area contributed by atoms with Crippen LogP contribution in [-0.4, -0.2) is 11.3 Å². The van der Waals surface area contributed by atoms with E-state index in [0.29, 0.717) is 28.1 Å². The van der Waals surface area contributed by atoms with E-state index >= 15 is 0 Å². The van der Waals surface area contributed by atoms with Crippen LogP contribution in [0.15, 0.2) is 41.0 Å². The third-order valence-electron chi connectivity index (χ3n) is 2.43. The monoisotopic (exact) mass is 316 g/mol. The molecule has 94 valence electrons. The lowest BCUT2D eigenvalue weighted by Crippen LogP contribution is -1.97. The third-order valence-corrected chi connectivity index (χ3v) is 3.04. The van der Waals surface area contributed by atoms with E-state index in [-0.39, 0.29) is 0 Å². The molecule has 19 heavy (non-hydrogen) atoms. The molecule has 0 unspecified atom stereocenters. The van der Waals surface area contributed by atoms with Gasteiger partial charge in [-0.2, -0.15) is 5.26 Å². The summed E-state index contributed by atoms with van der Waals surface area (Å²) >= 11 is 3.34. The van der Waals surface area contributed by atoms with Gasteiger partial charge in [-0.05, 0) is 51.8 Å². The zero-order chi connectivity index (χ0) is 13.7. The summed E-state index contributed by atoms with van der Waals surface area (Å²) in [5.41, 5.74) is 1.80. The van der Waals surface area contributed by atoms with Crippen LogP contribution in [0.5, 0.6) is 5.75 Å². The number of carbonyl (C=O) groups excluding carboxylic acids is 1. The average Bonchev–Trinajstić information content (AvgIpc) is 2.46. The SMILES string of the molecule is N#Cc1cc(COc2ccc(C=O)cc2Br)ccn1. The lowest BCUT2D eigenvalue weighted by atomic mass is 10.2. The summed E-state index contributed by atoms with van der Waals surface area (Å²) in [4.78, 5) is 14.5. The molecule has 0 aliphatic heterocycles. The van der Waals surface area contributed by atoms with E-state index in [2.05, 4.69) is 20.9 Å². The van der Waals surface area contributed by atoms with Gasteiger partial charge in [0.1, 0.15) is 30.4 Å². The van der Waals surface area contributed by atoms with Crippen molar-refractivity contribution in [1.82, 2.24) is 4.98 Å². The molecule has 1 aromatic heterocycles. The van der Waals surface area contributed by atoms with Crippen molar-refractivity contribution in [1.29, 1.82) is 5.26 Å². The largest absolute Gasteiger partial charge is 0.488 e. The third kappa shape index (κ3) is 3.39. The van der Waals surface area contributed by atoms with Crippen molar-refractivity contribution in [2.24, 2.45) is 0 Å². The molecule has 5 heteroatoms. The summed E-state index contributed by atoms with van der Waals surface area (Å²) < 4.78 is 6.34. The molecule has 0 amide bonds. The van der Waals surface area contributed by atoms with Gasteiger partial charge in [0.15, 0.2) is 0 Å². The first-order valence-corrected chi connectivity index (χ1v) is 6.25. The number of hydrogen-bond donors (Lipinski definition) is 0. The molecule has 0 atom stereocenters. The van der Waals surface area contributed by atoms with Gasteiger partial charge in [0.25, 0.3) is 0 Å². The molecule has 0 saturated heterocycles. The molecule has 2 rings (SSSR count). The number of aldehydes is 1. The Balaban J connectivity index is 2.10. The van der Waals surface area contributed by atoms with Crippen LogP contribution >= 0.6 is 15.9 Å². The van der Waals surface area contributed by atoms with E-state index in [1.54, 1.807) is 36.5 Å². The van der Waals surface area contributed by atoms with Crippen molar-refractivity contribution < 1.29 is 9.53 Å². The highest BCUT2D eigenvalue weighted by Gasteiger charge is 2.03. The van der Waals surface area contributed by atoms with Gasteiger partial charge in [-0.1, -0.05) is 0 Å². The quantitative estimate of drug-likeness (QED) is 0.813. The maximum Gasteiger partial charge on any atom is 0.150 e. The fraction of sp³-hybridized carbons (Fsp3) is 0.0714. The van der Waals surface area contributed by atoms with Crippen LogP contribution in [0.2, 0.25) is 0 Å². The lowest BCUT2D eigenvalue weighted by molar-refractivity contribution is 0.112. The Bertz CT molecular complexity index is 650. The number of benzene rings is 1. The number of carbonyl (C=O) groups is 1. The highest BCUT2D eigenvalue weighted by molar-refractivity contribution is 9.10. The van der Waals surface area contributed by atoms with Crippen LogP contribution in [-0.2, 0) is 6.61 Å². The molecule has 0 aliphatic rings. The van der Waals surface area contributed by atoms with Crippen molar-refractivity contribution in [3.05, 3.63) is 57.8 Å².